The van der Waals surface area contributed by atoms with Gasteiger partial charge in [0.2, 0.25) is 0 Å². The van der Waals surface area contributed by atoms with Crippen molar-refractivity contribution in [3.8, 4) is 17.2 Å². The van der Waals surface area contributed by atoms with Crippen molar-refractivity contribution in [2.75, 3.05) is 0 Å². The lowest BCUT2D eigenvalue weighted by Gasteiger charge is -2.13. The fourth-order valence-corrected chi connectivity index (χ4v) is 3.16. The van der Waals surface area contributed by atoms with Crippen molar-refractivity contribution in [3.05, 3.63) is 100.0 Å². The van der Waals surface area contributed by atoms with E-state index in [-0.39, 0.29) is 12.3 Å². The maximum atomic E-state index is 12.3. The fraction of sp³-hybridized carbons (Fsp3) is 0.167. The summed E-state index contributed by atoms with van der Waals surface area (Å²) in [7, 11) is 1.56. The molecule has 1 aromatic heterocycles. The van der Waals surface area contributed by atoms with Crippen LogP contribution in [-0.4, -0.2) is 25.5 Å². The molecule has 162 valence electrons. The quantitative estimate of drug-likeness (QED) is 0.331. The van der Waals surface area contributed by atoms with Crippen LogP contribution in [0, 0.1) is 6.92 Å². The number of aryl methyl sites for hydroxylation is 2. The highest BCUT2D eigenvalue weighted by molar-refractivity contribution is 5.98. The van der Waals surface area contributed by atoms with E-state index in [1.807, 2.05) is 86.6 Å². The third-order valence-electron chi connectivity index (χ3n) is 5.00. The van der Waals surface area contributed by atoms with Gasteiger partial charge < -0.3 is 9.57 Å². The Kier molecular flexibility index (Phi) is 6.12. The molecule has 32 heavy (non-hydrogen) atoms. The number of hydrogen-bond donors (Lipinski definition) is 0. The van der Waals surface area contributed by atoms with E-state index in [9.17, 15) is 4.79 Å². The smallest absolute Gasteiger partial charge is 0.368 e. The average Bonchev–Trinajstić information content (AvgIpc) is 3.15. The number of tetrazole rings is 1. The van der Waals surface area contributed by atoms with E-state index in [4.69, 9.17) is 9.57 Å². The molecule has 0 atom stereocenters. The van der Waals surface area contributed by atoms with Crippen molar-refractivity contribution in [1.82, 2.24) is 19.8 Å². The molecule has 0 saturated heterocycles. The normalized spacial score (nSPS) is 11.4. The summed E-state index contributed by atoms with van der Waals surface area (Å²) in [6, 6.07) is 22.7. The minimum Gasteiger partial charge on any atom is -0.489 e. The second-order valence-corrected chi connectivity index (χ2v) is 7.27. The number of aromatic nitrogens is 4. The third-order valence-corrected chi connectivity index (χ3v) is 5.00. The van der Waals surface area contributed by atoms with Crippen molar-refractivity contribution < 1.29 is 9.57 Å². The van der Waals surface area contributed by atoms with Crippen molar-refractivity contribution in [1.29, 1.82) is 0 Å². The maximum Gasteiger partial charge on any atom is 0.368 e. The highest BCUT2D eigenvalue weighted by Gasteiger charge is 2.13. The molecule has 3 aromatic carbocycles. The first-order valence-corrected chi connectivity index (χ1v) is 10.1. The molecule has 0 radical (unpaired) electrons. The summed E-state index contributed by atoms with van der Waals surface area (Å²) in [5.74, 6) is 1.35. The lowest BCUT2D eigenvalue weighted by Crippen LogP contribution is -2.23. The Hall–Kier alpha value is -4.20. The first-order chi connectivity index (χ1) is 15.5. The van der Waals surface area contributed by atoms with Crippen molar-refractivity contribution >= 4 is 5.71 Å². The molecule has 0 aliphatic rings. The van der Waals surface area contributed by atoms with Gasteiger partial charge in [-0.15, -0.1) is 0 Å². The molecule has 0 fully saturated rings. The molecule has 8 heteroatoms. The molecule has 4 rings (SSSR count). The van der Waals surface area contributed by atoms with Crippen LogP contribution in [0.1, 0.15) is 23.6 Å². The SMILES string of the molecule is CC(=NOc1ccccc1)c1cccc(OCc2c(C)cccc2-n2nnn(C)c2=O)c1. The minimum absolute atomic E-state index is 0.269. The van der Waals surface area contributed by atoms with Crippen LogP contribution >= 0.6 is 0 Å². The number of nitrogens with zero attached hydrogens (tertiary/aromatic N) is 5. The van der Waals surface area contributed by atoms with Crippen LogP contribution in [0.25, 0.3) is 5.69 Å². The molecule has 0 aliphatic heterocycles. The summed E-state index contributed by atoms with van der Waals surface area (Å²) in [5, 5.41) is 12.0. The Bertz CT molecular complexity index is 1310. The topological polar surface area (TPSA) is 83.5 Å². The van der Waals surface area contributed by atoms with Gasteiger partial charge >= 0.3 is 5.69 Å². The lowest BCUT2D eigenvalue weighted by molar-refractivity contribution is 0.304. The molecular formula is C24H23N5O3. The first-order valence-electron chi connectivity index (χ1n) is 10.1. The highest BCUT2D eigenvalue weighted by atomic mass is 16.6. The van der Waals surface area contributed by atoms with Crippen LogP contribution in [0.15, 0.2) is 82.7 Å². The van der Waals surface area contributed by atoms with Gasteiger partial charge in [-0.05, 0) is 60.2 Å². The highest BCUT2D eigenvalue weighted by Crippen LogP contribution is 2.21. The van der Waals surface area contributed by atoms with Gasteiger partial charge in [0.05, 0.1) is 11.4 Å². The largest absolute Gasteiger partial charge is 0.489 e. The van der Waals surface area contributed by atoms with Gasteiger partial charge in [0, 0.05) is 18.2 Å². The van der Waals surface area contributed by atoms with E-state index in [0.29, 0.717) is 17.2 Å². The van der Waals surface area contributed by atoms with Crippen molar-refractivity contribution in [3.63, 3.8) is 0 Å². The molecule has 0 saturated carbocycles. The zero-order chi connectivity index (χ0) is 22.5. The summed E-state index contributed by atoms with van der Waals surface area (Å²) >= 11 is 0. The van der Waals surface area contributed by atoms with E-state index in [0.717, 1.165) is 22.4 Å². The van der Waals surface area contributed by atoms with Crippen LogP contribution < -0.4 is 15.3 Å². The zero-order valence-electron chi connectivity index (χ0n) is 18.1. The van der Waals surface area contributed by atoms with E-state index >= 15 is 0 Å². The molecule has 4 aromatic rings. The monoisotopic (exact) mass is 429 g/mol. The van der Waals surface area contributed by atoms with Gasteiger partial charge in [-0.25, -0.2) is 4.79 Å². The van der Waals surface area contributed by atoms with Gasteiger partial charge in [0.1, 0.15) is 12.4 Å². The summed E-state index contributed by atoms with van der Waals surface area (Å²) in [4.78, 5) is 17.8. The van der Waals surface area contributed by atoms with Gasteiger partial charge in [-0.3, -0.25) is 0 Å². The summed E-state index contributed by atoms with van der Waals surface area (Å²) in [6.07, 6.45) is 0. The molecule has 0 N–H and O–H groups in total. The van der Waals surface area contributed by atoms with E-state index in [1.54, 1.807) is 7.05 Å². The van der Waals surface area contributed by atoms with Crippen molar-refractivity contribution in [2.45, 2.75) is 20.5 Å². The Morgan fingerprint density at radius 3 is 2.47 bits per heavy atom. The Morgan fingerprint density at radius 2 is 1.72 bits per heavy atom. The van der Waals surface area contributed by atoms with E-state index < -0.39 is 0 Å². The fourth-order valence-electron chi connectivity index (χ4n) is 3.16. The van der Waals surface area contributed by atoms with Crippen LogP contribution in [0.4, 0.5) is 0 Å². The number of ether oxygens (including phenoxy) is 1. The standard InChI is InChI=1S/C24H23N5O3/c1-17-9-7-14-23(29-24(30)28(3)26-27-29)22(17)16-31-21-13-8-10-19(15-21)18(2)25-32-20-11-5-4-6-12-20/h4-15H,16H2,1-3H3. The first kappa shape index (κ1) is 21.0. The molecule has 8 nitrogen and oxygen atoms in total. The Balaban J connectivity index is 1.53. The second-order valence-electron chi connectivity index (χ2n) is 7.27. The molecule has 0 spiro atoms. The number of oxime groups is 1. The maximum absolute atomic E-state index is 12.3. The van der Waals surface area contributed by atoms with Crippen LogP contribution in [0.2, 0.25) is 0 Å². The van der Waals surface area contributed by atoms with Crippen molar-refractivity contribution in [2.24, 2.45) is 12.2 Å². The molecular weight excluding hydrogens is 406 g/mol. The van der Waals surface area contributed by atoms with Crippen LogP contribution in [-0.2, 0) is 13.7 Å². The number of hydrogen-bond acceptors (Lipinski definition) is 6. The minimum atomic E-state index is -0.316. The molecule has 0 unspecified atom stereocenters. The third kappa shape index (κ3) is 4.59. The predicted molar refractivity (Wildman–Crippen MR) is 121 cm³/mol. The van der Waals surface area contributed by atoms with E-state index in [1.165, 1.54) is 9.36 Å². The summed E-state index contributed by atoms with van der Waals surface area (Å²) in [6.45, 7) is 4.12. The second kappa shape index (κ2) is 9.30. The van der Waals surface area contributed by atoms with Gasteiger partial charge in [0.25, 0.3) is 0 Å². The number of benzene rings is 3. The van der Waals surface area contributed by atoms with Crippen LogP contribution in [0.5, 0.6) is 11.5 Å². The Morgan fingerprint density at radius 1 is 0.969 bits per heavy atom. The van der Waals surface area contributed by atoms with Crippen LogP contribution in [0.3, 0.4) is 0 Å². The lowest BCUT2D eigenvalue weighted by atomic mass is 10.1. The van der Waals surface area contributed by atoms with Gasteiger partial charge in [0.15, 0.2) is 5.75 Å². The average molecular weight is 429 g/mol. The summed E-state index contributed by atoms with van der Waals surface area (Å²) < 4.78 is 8.54. The molecule has 0 amide bonds. The molecule has 1 heterocycles. The number of para-hydroxylation sites is 1. The van der Waals surface area contributed by atoms with E-state index in [2.05, 4.69) is 15.6 Å². The Labute approximate surface area is 185 Å². The van der Waals surface area contributed by atoms with Gasteiger partial charge in [-0.1, -0.05) is 47.6 Å². The van der Waals surface area contributed by atoms with Gasteiger partial charge in [-0.2, -0.15) is 9.36 Å². The number of rotatable bonds is 7. The molecule has 0 aliphatic carbocycles. The molecule has 0 bridgehead atoms. The zero-order valence-corrected chi connectivity index (χ0v) is 18.1. The summed E-state index contributed by atoms with van der Waals surface area (Å²) in [5.41, 5.74) is 3.79. The predicted octanol–water partition coefficient (Wildman–Crippen LogP) is 3.66.